The zero-order chi connectivity index (χ0) is 26.7. The number of aryl methyl sites for hydroxylation is 1. The van der Waals surface area contributed by atoms with Crippen molar-refractivity contribution >= 4 is 5.97 Å². The van der Waals surface area contributed by atoms with E-state index >= 15 is 0 Å². The van der Waals surface area contributed by atoms with Crippen LogP contribution in [-0.4, -0.2) is 54.3 Å². The van der Waals surface area contributed by atoms with Crippen molar-refractivity contribution in [2.24, 2.45) is 0 Å². The smallest absolute Gasteiger partial charge is 0.320 e. The van der Waals surface area contributed by atoms with Crippen molar-refractivity contribution in [1.82, 2.24) is 29.6 Å². The summed E-state index contributed by atoms with van der Waals surface area (Å²) in [4.78, 5) is 28.2. The van der Waals surface area contributed by atoms with Crippen molar-refractivity contribution in [2.45, 2.75) is 59.2 Å². The minimum absolute atomic E-state index is 0.175. The van der Waals surface area contributed by atoms with Gasteiger partial charge in [0.05, 0.1) is 12.2 Å². The highest BCUT2D eigenvalue weighted by Gasteiger charge is 2.23. The SMILES string of the molecule is CCn1cc(-c2ccnc(Cc3ccc4c(c3)CCN(CC(=O)OC(C)(C)C)C4)n2)c(-c2cccnc2)n1. The van der Waals surface area contributed by atoms with Crippen molar-refractivity contribution < 1.29 is 9.53 Å². The maximum Gasteiger partial charge on any atom is 0.320 e. The van der Waals surface area contributed by atoms with E-state index in [0.29, 0.717) is 13.0 Å². The Morgan fingerprint density at radius 1 is 1.11 bits per heavy atom. The molecule has 0 N–H and O–H groups in total. The van der Waals surface area contributed by atoms with Crippen LogP contribution in [0.15, 0.2) is 61.2 Å². The molecule has 0 unspecified atom stereocenters. The van der Waals surface area contributed by atoms with Gasteiger partial charge in [-0.2, -0.15) is 5.10 Å². The summed E-state index contributed by atoms with van der Waals surface area (Å²) in [5.41, 5.74) is 6.95. The van der Waals surface area contributed by atoms with Crippen LogP contribution < -0.4 is 0 Å². The largest absolute Gasteiger partial charge is 0.459 e. The van der Waals surface area contributed by atoms with Crippen LogP contribution in [0.1, 0.15) is 50.2 Å². The molecule has 0 fully saturated rings. The molecule has 5 rings (SSSR count). The second kappa shape index (κ2) is 10.8. The molecule has 1 aromatic carbocycles. The summed E-state index contributed by atoms with van der Waals surface area (Å²) in [6.45, 7) is 10.4. The Hall–Kier alpha value is -3.91. The Morgan fingerprint density at radius 2 is 1.97 bits per heavy atom. The average molecular weight is 511 g/mol. The summed E-state index contributed by atoms with van der Waals surface area (Å²) in [6.07, 6.45) is 9.00. The second-order valence-corrected chi connectivity index (χ2v) is 10.7. The van der Waals surface area contributed by atoms with E-state index in [0.717, 1.165) is 54.4 Å². The van der Waals surface area contributed by atoms with Gasteiger partial charge in [-0.3, -0.25) is 19.4 Å². The summed E-state index contributed by atoms with van der Waals surface area (Å²) < 4.78 is 7.42. The quantitative estimate of drug-likeness (QED) is 0.333. The molecule has 8 heteroatoms. The van der Waals surface area contributed by atoms with Gasteiger partial charge >= 0.3 is 5.97 Å². The standard InChI is InChI=1S/C30H34N6O2/c1-5-36-19-25(29(34-36)23-7-6-12-31-17-23)26-10-13-32-27(33-26)16-21-8-9-24-18-35(14-11-22(24)15-21)20-28(37)38-30(2,3)4/h6-10,12-13,15,17,19H,5,11,14,16,18,20H2,1-4H3. The van der Waals surface area contributed by atoms with Gasteiger partial charge in [-0.25, -0.2) is 9.97 Å². The molecule has 4 heterocycles. The molecule has 196 valence electrons. The number of esters is 1. The highest BCUT2D eigenvalue weighted by Crippen LogP contribution is 2.30. The highest BCUT2D eigenvalue weighted by molar-refractivity contribution is 5.78. The predicted molar refractivity (Wildman–Crippen MR) is 146 cm³/mol. The van der Waals surface area contributed by atoms with Gasteiger partial charge in [0, 0.05) is 62.0 Å². The number of carbonyl (C=O) groups excluding carboxylic acids is 1. The fourth-order valence-electron chi connectivity index (χ4n) is 4.77. The van der Waals surface area contributed by atoms with E-state index in [1.54, 1.807) is 6.20 Å². The first-order valence-corrected chi connectivity index (χ1v) is 13.1. The minimum atomic E-state index is -0.462. The van der Waals surface area contributed by atoms with E-state index < -0.39 is 5.60 Å². The van der Waals surface area contributed by atoms with Crippen LogP contribution in [0.4, 0.5) is 0 Å². The molecule has 0 spiro atoms. The summed E-state index contributed by atoms with van der Waals surface area (Å²) >= 11 is 0. The second-order valence-electron chi connectivity index (χ2n) is 10.7. The molecule has 4 aromatic rings. The van der Waals surface area contributed by atoms with Crippen LogP contribution in [0, 0.1) is 0 Å². The molecule has 0 saturated carbocycles. The summed E-state index contributed by atoms with van der Waals surface area (Å²) in [5, 5.41) is 4.76. The van der Waals surface area contributed by atoms with Gasteiger partial charge in [-0.1, -0.05) is 18.2 Å². The van der Waals surface area contributed by atoms with Crippen LogP contribution in [0.3, 0.4) is 0 Å². The molecule has 0 bridgehead atoms. The van der Waals surface area contributed by atoms with Gasteiger partial charge < -0.3 is 4.74 Å². The van der Waals surface area contributed by atoms with Crippen molar-refractivity contribution in [1.29, 1.82) is 0 Å². The van der Waals surface area contributed by atoms with E-state index in [1.165, 1.54) is 16.7 Å². The Labute approximate surface area is 223 Å². The number of rotatable bonds is 7. The summed E-state index contributed by atoms with van der Waals surface area (Å²) in [7, 11) is 0. The number of nitrogens with zero attached hydrogens (tertiary/aromatic N) is 6. The van der Waals surface area contributed by atoms with Crippen LogP contribution in [0.5, 0.6) is 0 Å². The average Bonchev–Trinajstić information content (AvgIpc) is 3.33. The lowest BCUT2D eigenvalue weighted by atomic mass is 9.96. The zero-order valence-electron chi connectivity index (χ0n) is 22.5. The van der Waals surface area contributed by atoms with E-state index in [9.17, 15) is 4.79 Å². The van der Waals surface area contributed by atoms with Gasteiger partial charge in [0.15, 0.2) is 0 Å². The number of aromatic nitrogens is 5. The molecule has 38 heavy (non-hydrogen) atoms. The van der Waals surface area contributed by atoms with Gasteiger partial charge in [-0.05, 0) is 69.0 Å². The molecule has 0 radical (unpaired) electrons. The first-order chi connectivity index (χ1) is 18.3. The monoisotopic (exact) mass is 510 g/mol. The third-order valence-electron chi connectivity index (χ3n) is 6.50. The fourth-order valence-corrected chi connectivity index (χ4v) is 4.77. The Kier molecular flexibility index (Phi) is 7.33. The summed E-state index contributed by atoms with van der Waals surface area (Å²) in [5.74, 6) is 0.594. The Balaban J connectivity index is 1.31. The maximum atomic E-state index is 12.3. The molecule has 8 nitrogen and oxygen atoms in total. The van der Waals surface area contributed by atoms with E-state index in [1.807, 2.05) is 62.2 Å². The van der Waals surface area contributed by atoms with E-state index in [2.05, 4.69) is 40.0 Å². The maximum absolute atomic E-state index is 12.3. The molecular formula is C30H34N6O2. The normalized spacial score (nSPS) is 13.8. The van der Waals surface area contributed by atoms with Gasteiger partial charge in [0.1, 0.15) is 17.1 Å². The molecule has 0 saturated heterocycles. The van der Waals surface area contributed by atoms with Crippen molar-refractivity contribution in [3.8, 4) is 22.5 Å². The molecular weight excluding hydrogens is 476 g/mol. The number of hydrogen-bond donors (Lipinski definition) is 0. The Morgan fingerprint density at radius 3 is 2.74 bits per heavy atom. The first kappa shape index (κ1) is 25.7. The van der Waals surface area contributed by atoms with Crippen LogP contribution >= 0.6 is 0 Å². The van der Waals surface area contributed by atoms with Crippen LogP contribution in [-0.2, 0) is 35.5 Å². The fraction of sp³-hybridized carbons (Fsp3) is 0.367. The first-order valence-electron chi connectivity index (χ1n) is 13.1. The van der Waals surface area contributed by atoms with Gasteiger partial charge in [0.2, 0.25) is 0 Å². The van der Waals surface area contributed by atoms with Crippen LogP contribution in [0.2, 0.25) is 0 Å². The number of fused-ring (bicyclic) bond motifs is 1. The van der Waals surface area contributed by atoms with Crippen molar-refractivity contribution in [2.75, 3.05) is 13.1 Å². The molecule has 1 aliphatic heterocycles. The van der Waals surface area contributed by atoms with Crippen LogP contribution in [0.25, 0.3) is 22.5 Å². The number of hydrogen-bond acceptors (Lipinski definition) is 7. The van der Waals surface area contributed by atoms with Gasteiger partial charge in [0.25, 0.3) is 0 Å². The van der Waals surface area contributed by atoms with Crippen molar-refractivity contribution in [3.63, 3.8) is 0 Å². The predicted octanol–water partition coefficient (Wildman–Crippen LogP) is 4.71. The third-order valence-corrected chi connectivity index (χ3v) is 6.50. The third kappa shape index (κ3) is 6.14. The lowest BCUT2D eigenvalue weighted by Gasteiger charge is -2.29. The highest BCUT2D eigenvalue weighted by atomic mass is 16.6. The Bertz CT molecular complexity index is 1420. The lowest BCUT2D eigenvalue weighted by Crippen LogP contribution is -2.38. The van der Waals surface area contributed by atoms with E-state index in [-0.39, 0.29) is 5.97 Å². The lowest BCUT2D eigenvalue weighted by molar-refractivity contribution is -0.156. The minimum Gasteiger partial charge on any atom is -0.459 e. The zero-order valence-corrected chi connectivity index (χ0v) is 22.5. The summed E-state index contributed by atoms with van der Waals surface area (Å²) in [6, 6.07) is 12.4. The molecule has 0 atom stereocenters. The number of ether oxygens (including phenoxy) is 1. The van der Waals surface area contributed by atoms with E-state index in [4.69, 9.17) is 14.8 Å². The molecule has 0 amide bonds. The molecule has 0 aliphatic carbocycles. The molecule has 1 aliphatic rings. The molecule has 3 aromatic heterocycles. The topological polar surface area (TPSA) is 86.0 Å². The number of pyridine rings is 1. The van der Waals surface area contributed by atoms with Gasteiger partial charge in [-0.15, -0.1) is 0 Å². The number of benzene rings is 1. The van der Waals surface area contributed by atoms with Crippen molar-refractivity contribution in [3.05, 3.63) is 83.7 Å². The number of carbonyl (C=O) groups is 1.